The molecule has 1 rings (SSSR count). The van der Waals surface area contributed by atoms with Gasteiger partial charge in [-0.3, -0.25) is 9.89 Å². The first-order chi connectivity index (χ1) is 7.15. The van der Waals surface area contributed by atoms with Gasteiger partial charge >= 0.3 is 5.97 Å². The van der Waals surface area contributed by atoms with Crippen LogP contribution in [0, 0.1) is 0 Å². The van der Waals surface area contributed by atoms with Crippen molar-refractivity contribution in [2.24, 2.45) is 0 Å². The number of H-pyrrole nitrogens is 1. The molecule has 8 nitrogen and oxygen atoms in total. The lowest BCUT2D eigenvalue weighted by molar-refractivity contribution is -0.139. The van der Waals surface area contributed by atoms with Crippen molar-refractivity contribution in [3.05, 3.63) is 12.2 Å². The van der Waals surface area contributed by atoms with Crippen LogP contribution in [0.2, 0.25) is 0 Å². The fourth-order valence-corrected chi connectivity index (χ4v) is 0.928. The van der Waals surface area contributed by atoms with E-state index in [1.807, 2.05) is 0 Å². The molecular formula is C7H10N4O4. The van der Waals surface area contributed by atoms with Gasteiger partial charge in [-0.05, 0) is 0 Å². The highest BCUT2D eigenvalue weighted by Gasteiger charge is 2.21. The van der Waals surface area contributed by atoms with Crippen molar-refractivity contribution in [1.29, 1.82) is 0 Å². The Morgan fingerprint density at radius 1 is 1.60 bits per heavy atom. The summed E-state index contributed by atoms with van der Waals surface area (Å²) in [6.07, 6.45) is 1.08. The van der Waals surface area contributed by atoms with E-state index < -0.39 is 17.9 Å². The number of nitrogens with one attached hydrogen (secondary N) is 2. The molecule has 0 aliphatic carbocycles. The van der Waals surface area contributed by atoms with Crippen LogP contribution in [0.15, 0.2) is 6.33 Å². The summed E-state index contributed by atoms with van der Waals surface area (Å²) in [6, 6.07) is -1.13. The average Bonchev–Trinajstić information content (AvgIpc) is 2.69. The van der Waals surface area contributed by atoms with Crippen molar-refractivity contribution in [3.8, 4) is 0 Å². The maximum Gasteiger partial charge on any atom is 0.326 e. The van der Waals surface area contributed by atoms with Crippen LogP contribution in [0.4, 0.5) is 0 Å². The van der Waals surface area contributed by atoms with E-state index in [1.54, 1.807) is 0 Å². The molecule has 4 N–H and O–H groups in total. The molecule has 0 aliphatic rings. The molecule has 0 aliphatic heterocycles. The van der Waals surface area contributed by atoms with Crippen molar-refractivity contribution in [2.75, 3.05) is 6.61 Å². The monoisotopic (exact) mass is 214 g/mol. The lowest BCUT2D eigenvalue weighted by Crippen LogP contribution is -2.41. The minimum Gasteiger partial charge on any atom is -0.480 e. The van der Waals surface area contributed by atoms with Gasteiger partial charge in [-0.15, -0.1) is 0 Å². The second-order valence-corrected chi connectivity index (χ2v) is 2.71. The standard InChI is InChI=1S/C7H10N4O4/c12-2-1-4(7(14)15)10-6(13)5-8-3-9-11-5/h3-4,12H,1-2H2,(H,10,13)(H,14,15)(H,8,9,11). The minimum absolute atomic E-state index is 0.0603. The normalized spacial score (nSPS) is 12.1. The summed E-state index contributed by atoms with van der Waals surface area (Å²) in [5.41, 5.74) is 0. The lowest BCUT2D eigenvalue weighted by Gasteiger charge is -2.11. The van der Waals surface area contributed by atoms with E-state index in [-0.39, 0.29) is 18.9 Å². The number of amides is 1. The summed E-state index contributed by atoms with van der Waals surface area (Å²) in [4.78, 5) is 25.5. The Balaban J connectivity index is 2.59. The number of aromatic nitrogens is 3. The lowest BCUT2D eigenvalue weighted by atomic mass is 10.2. The van der Waals surface area contributed by atoms with E-state index >= 15 is 0 Å². The number of hydrogen-bond donors (Lipinski definition) is 4. The van der Waals surface area contributed by atoms with E-state index in [9.17, 15) is 9.59 Å². The molecule has 1 aromatic rings. The van der Waals surface area contributed by atoms with E-state index in [0.29, 0.717) is 0 Å². The van der Waals surface area contributed by atoms with Gasteiger partial charge in [0.2, 0.25) is 5.82 Å². The van der Waals surface area contributed by atoms with Crippen molar-refractivity contribution < 1.29 is 19.8 Å². The maximum absolute atomic E-state index is 11.3. The van der Waals surface area contributed by atoms with Crippen LogP contribution in [0.3, 0.4) is 0 Å². The molecule has 0 saturated heterocycles. The van der Waals surface area contributed by atoms with Crippen molar-refractivity contribution in [2.45, 2.75) is 12.5 Å². The molecule has 1 amide bonds. The third kappa shape index (κ3) is 3.02. The summed E-state index contributed by atoms with van der Waals surface area (Å²) < 4.78 is 0. The Labute approximate surface area is 84.3 Å². The molecule has 0 radical (unpaired) electrons. The number of nitrogens with zero attached hydrogens (tertiary/aromatic N) is 2. The summed E-state index contributed by atoms with van der Waals surface area (Å²) >= 11 is 0. The Kier molecular flexibility index (Phi) is 3.75. The highest BCUT2D eigenvalue weighted by Crippen LogP contribution is 1.94. The molecule has 1 atom stereocenters. The zero-order valence-corrected chi connectivity index (χ0v) is 7.67. The molecule has 0 saturated carbocycles. The van der Waals surface area contributed by atoms with Crippen LogP contribution in [-0.2, 0) is 4.79 Å². The fraction of sp³-hybridized carbons (Fsp3) is 0.429. The van der Waals surface area contributed by atoms with Gasteiger partial charge in [0.1, 0.15) is 12.4 Å². The van der Waals surface area contributed by atoms with Gasteiger partial charge in [-0.25, -0.2) is 9.78 Å². The number of carboxylic acids is 1. The zero-order chi connectivity index (χ0) is 11.3. The second-order valence-electron chi connectivity index (χ2n) is 2.71. The van der Waals surface area contributed by atoms with Gasteiger partial charge in [0.15, 0.2) is 0 Å². The average molecular weight is 214 g/mol. The van der Waals surface area contributed by atoms with E-state index in [2.05, 4.69) is 20.5 Å². The van der Waals surface area contributed by atoms with Crippen molar-refractivity contribution in [1.82, 2.24) is 20.5 Å². The molecule has 82 valence electrons. The van der Waals surface area contributed by atoms with E-state index in [0.717, 1.165) is 6.33 Å². The third-order valence-electron chi connectivity index (χ3n) is 1.65. The van der Waals surface area contributed by atoms with E-state index in [4.69, 9.17) is 10.2 Å². The van der Waals surface area contributed by atoms with Gasteiger partial charge in [-0.2, -0.15) is 5.10 Å². The number of carboxylic acid groups (broad SMARTS) is 1. The number of aliphatic hydroxyl groups excluding tert-OH is 1. The van der Waals surface area contributed by atoms with Gasteiger partial charge in [0, 0.05) is 13.0 Å². The molecule has 0 bridgehead atoms. The molecule has 0 spiro atoms. The number of aliphatic hydroxyl groups is 1. The molecule has 0 aromatic carbocycles. The molecule has 1 unspecified atom stereocenters. The van der Waals surface area contributed by atoms with Crippen LogP contribution in [0.5, 0.6) is 0 Å². The first-order valence-electron chi connectivity index (χ1n) is 4.15. The minimum atomic E-state index is -1.21. The molecule has 1 aromatic heterocycles. The SMILES string of the molecule is O=C(NC(CCO)C(=O)O)c1ncn[nH]1. The summed E-state index contributed by atoms with van der Waals surface area (Å²) in [7, 11) is 0. The summed E-state index contributed by atoms with van der Waals surface area (Å²) in [5, 5.41) is 25.2. The number of rotatable bonds is 5. The van der Waals surface area contributed by atoms with E-state index in [1.165, 1.54) is 0 Å². The van der Waals surface area contributed by atoms with Crippen LogP contribution in [0.1, 0.15) is 17.0 Å². The second kappa shape index (κ2) is 5.05. The third-order valence-corrected chi connectivity index (χ3v) is 1.65. The number of aromatic amines is 1. The van der Waals surface area contributed by atoms with Gasteiger partial charge in [0.05, 0.1) is 0 Å². The largest absolute Gasteiger partial charge is 0.480 e. The van der Waals surface area contributed by atoms with Crippen LogP contribution in [-0.4, -0.2) is 49.9 Å². The number of aliphatic carboxylic acids is 1. The van der Waals surface area contributed by atoms with Crippen LogP contribution in [0.25, 0.3) is 0 Å². The highest BCUT2D eigenvalue weighted by molar-refractivity contribution is 5.93. The van der Waals surface area contributed by atoms with Crippen LogP contribution < -0.4 is 5.32 Å². The Hall–Kier alpha value is -1.96. The first kappa shape index (κ1) is 11.1. The van der Waals surface area contributed by atoms with Crippen LogP contribution >= 0.6 is 0 Å². The number of carbonyl (C=O) groups is 2. The molecular weight excluding hydrogens is 204 g/mol. The Morgan fingerprint density at radius 3 is 2.80 bits per heavy atom. The number of carbonyl (C=O) groups excluding carboxylic acids is 1. The van der Waals surface area contributed by atoms with Crippen molar-refractivity contribution >= 4 is 11.9 Å². The molecule has 15 heavy (non-hydrogen) atoms. The predicted molar refractivity (Wildman–Crippen MR) is 47.0 cm³/mol. The highest BCUT2D eigenvalue weighted by atomic mass is 16.4. The van der Waals surface area contributed by atoms with Gasteiger partial charge < -0.3 is 15.5 Å². The Bertz CT molecular complexity index is 337. The topological polar surface area (TPSA) is 128 Å². The number of hydrogen-bond acceptors (Lipinski definition) is 5. The summed E-state index contributed by atoms with van der Waals surface area (Å²) in [6.45, 7) is -0.326. The van der Waals surface area contributed by atoms with Gasteiger partial charge in [0.25, 0.3) is 5.91 Å². The smallest absolute Gasteiger partial charge is 0.326 e. The molecule has 0 fully saturated rings. The first-order valence-corrected chi connectivity index (χ1v) is 4.15. The Morgan fingerprint density at radius 2 is 2.33 bits per heavy atom. The predicted octanol–water partition coefficient (Wildman–Crippen LogP) is -1.63. The maximum atomic E-state index is 11.3. The quantitative estimate of drug-likeness (QED) is 0.466. The molecule has 1 heterocycles. The molecule has 8 heteroatoms. The summed E-state index contributed by atoms with van der Waals surface area (Å²) in [5.74, 6) is -1.95. The zero-order valence-electron chi connectivity index (χ0n) is 7.67. The van der Waals surface area contributed by atoms with Crippen molar-refractivity contribution in [3.63, 3.8) is 0 Å². The van der Waals surface area contributed by atoms with Gasteiger partial charge in [-0.1, -0.05) is 0 Å². The fourth-order valence-electron chi connectivity index (χ4n) is 0.928.